The van der Waals surface area contributed by atoms with Crippen LogP contribution >= 0.6 is 0 Å². The molecule has 2 fully saturated rings. The van der Waals surface area contributed by atoms with Gasteiger partial charge in [0.05, 0.1) is 5.69 Å². The predicted molar refractivity (Wildman–Crippen MR) is 165 cm³/mol. The van der Waals surface area contributed by atoms with Crippen molar-refractivity contribution in [2.45, 2.75) is 45.5 Å². The van der Waals surface area contributed by atoms with Crippen molar-refractivity contribution < 1.29 is 17.7 Å². The van der Waals surface area contributed by atoms with Crippen molar-refractivity contribution in [3.8, 4) is 0 Å². The van der Waals surface area contributed by atoms with Gasteiger partial charge in [0.2, 0.25) is 15.9 Å². The maximum absolute atomic E-state index is 14.2. The highest BCUT2D eigenvalue weighted by Gasteiger charge is 2.43. The highest BCUT2D eigenvalue weighted by molar-refractivity contribution is 7.89. The van der Waals surface area contributed by atoms with E-state index in [0.29, 0.717) is 43.2 Å². The molecule has 5 rings (SSSR count). The second kappa shape index (κ2) is 12.4. The first-order valence-electron chi connectivity index (χ1n) is 14.5. The van der Waals surface area contributed by atoms with Crippen LogP contribution in [0.25, 0.3) is 0 Å². The van der Waals surface area contributed by atoms with E-state index < -0.39 is 21.3 Å². The lowest BCUT2D eigenvalue weighted by Gasteiger charge is -2.44. The van der Waals surface area contributed by atoms with Crippen LogP contribution in [0.3, 0.4) is 0 Å². The maximum Gasteiger partial charge on any atom is 0.241 e. The molecule has 0 radical (unpaired) electrons. The van der Waals surface area contributed by atoms with Crippen molar-refractivity contribution >= 4 is 21.6 Å². The Labute approximate surface area is 249 Å². The molecule has 2 aromatic carbocycles. The molecule has 0 bridgehead atoms. The molecule has 3 heterocycles. The summed E-state index contributed by atoms with van der Waals surface area (Å²) >= 11 is 0. The molecule has 1 aromatic heterocycles. The Morgan fingerprint density at radius 2 is 1.74 bits per heavy atom. The zero-order valence-electron chi connectivity index (χ0n) is 25.0. The molecule has 1 amide bonds. The fourth-order valence-electron chi connectivity index (χ4n) is 6.15. The van der Waals surface area contributed by atoms with Gasteiger partial charge in [0.1, 0.15) is 17.1 Å². The third-order valence-corrected chi connectivity index (χ3v) is 10.7. The number of benzene rings is 2. The zero-order valence-corrected chi connectivity index (χ0v) is 25.8. The Hall–Kier alpha value is -3.47. The van der Waals surface area contributed by atoms with Gasteiger partial charge in [-0.25, -0.2) is 8.42 Å². The number of amides is 1. The Balaban J connectivity index is 1.37. The molecule has 2 aliphatic heterocycles. The van der Waals surface area contributed by atoms with Crippen LogP contribution in [0.2, 0.25) is 0 Å². The number of nitrogens with zero attached hydrogens (tertiary/aromatic N) is 5. The number of carbonyl (C=O) groups is 1. The van der Waals surface area contributed by atoms with Crippen molar-refractivity contribution in [3.05, 3.63) is 94.9 Å². The molecule has 9 nitrogen and oxygen atoms in total. The van der Waals surface area contributed by atoms with E-state index in [-0.39, 0.29) is 19.0 Å². The van der Waals surface area contributed by atoms with Crippen LogP contribution in [0.15, 0.2) is 65.7 Å². The van der Waals surface area contributed by atoms with Gasteiger partial charge in [0.25, 0.3) is 0 Å². The first-order chi connectivity index (χ1) is 20.1. The summed E-state index contributed by atoms with van der Waals surface area (Å²) in [6, 6.07) is 15.9. The molecule has 2 aliphatic rings. The van der Waals surface area contributed by atoms with Gasteiger partial charge in [-0.1, -0.05) is 53.7 Å². The van der Waals surface area contributed by atoms with Crippen molar-refractivity contribution in [2.24, 2.45) is 0 Å². The minimum Gasteiger partial charge on any atom is -0.368 e. The molecule has 2 atom stereocenters. The fourth-order valence-corrected chi connectivity index (χ4v) is 8.04. The topological polar surface area (TPSA) is 90.2 Å². The molecular weight excluding hydrogens is 550 g/mol. The van der Waals surface area contributed by atoms with Crippen molar-refractivity contribution in [3.63, 3.8) is 0 Å². The Bertz CT molecular complexity index is 1510. The summed E-state index contributed by atoms with van der Waals surface area (Å²) in [5.41, 5.74) is 5.77. The average Bonchev–Trinajstić information content (AvgIpc) is 3.32. The fraction of sp³-hybridized carbons (Fsp3) is 0.438. The summed E-state index contributed by atoms with van der Waals surface area (Å²) in [6.45, 7) is 15.5. The normalized spacial score (nSPS) is 19.6. The number of anilines is 1. The van der Waals surface area contributed by atoms with Crippen LogP contribution in [-0.2, 0) is 21.4 Å². The number of carbonyl (C=O) groups excluding carboxylic acids is 1. The van der Waals surface area contributed by atoms with Crippen LogP contribution in [0.4, 0.5) is 5.69 Å². The van der Waals surface area contributed by atoms with Gasteiger partial charge in [-0.2, -0.15) is 4.31 Å². The van der Waals surface area contributed by atoms with Crippen LogP contribution in [0, 0.1) is 27.7 Å². The Morgan fingerprint density at radius 3 is 2.38 bits per heavy atom. The van der Waals surface area contributed by atoms with Gasteiger partial charge in [0, 0.05) is 63.6 Å². The molecular formula is C32H41N5O4S. The summed E-state index contributed by atoms with van der Waals surface area (Å²) in [4.78, 5) is 20.5. The quantitative estimate of drug-likeness (QED) is 0.366. The third-order valence-electron chi connectivity index (χ3n) is 8.53. The molecule has 0 N–H and O–H groups in total. The summed E-state index contributed by atoms with van der Waals surface area (Å²) in [5.74, 6) is 0.428. The molecule has 2 unspecified atom stereocenters. The van der Waals surface area contributed by atoms with E-state index in [1.54, 1.807) is 13.8 Å². The number of rotatable bonds is 8. The van der Waals surface area contributed by atoms with Crippen LogP contribution in [-0.4, -0.2) is 85.4 Å². The SMILES string of the molecule is C=CC(c1c(C)noc1C)S(=O)(=O)N1CCN(Cc2ccccc2)C(C(=O)N2CCN(c3cc(C)ccc3C)CC2)C1. The van der Waals surface area contributed by atoms with Gasteiger partial charge in [-0.15, -0.1) is 6.58 Å². The lowest BCUT2D eigenvalue weighted by atomic mass is 10.1. The molecule has 0 saturated carbocycles. The van der Waals surface area contributed by atoms with Gasteiger partial charge < -0.3 is 14.3 Å². The number of hydrogen-bond donors (Lipinski definition) is 0. The molecule has 2 saturated heterocycles. The van der Waals surface area contributed by atoms with Crippen molar-refractivity contribution in [1.29, 1.82) is 0 Å². The number of piperazine rings is 2. The molecule has 0 spiro atoms. The predicted octanol–water partition coefficient (Wildman–Crippen LogP) is 4.00. The van der Waals surface area contributed by atoms with E-state index >= 15 is 0 Å². The monoisotopic (exact) mass is 591 g/mol. The van der Waals surface area contributed by atoms with Crippen molar-refractivity contribution in [1.82, 2.24) is 19.3 Å². The minimum absolute atomic E-state index is 0.0288. The number of hydrogen-bond acceptors (Lipinski definition) is 7. The van der Waals surface area contributed by atoms with Gasteiger partial charge in [0.15, 0.2) is 0 Å². The summed E-state index contributed by atoms with van der Waals surface area (Å²) < 4.78 is 34.8. The zero-order chi connectivity index (χ0) is 30.0. The van der Waals surface area contributed by atoms with Crippen LogP contribution in [0.5, 0.6) is 0 Å². The summed E-state index contributed by atoms with van der Waals surface area (Å²) in [6.07, 6.45) is 1.43. The lowest BCUT2D eigenvalue weighted by molar-refractivity contribution is -0.139. The minimum atomic E-state index is -3.88. The highest BCUT2D eigenvalue weighted by Crippen LogP contribution is 2.33. The van der Waals surface area contributed by atoms with Gasteiger partial charge in [-0.05, 0) is 50.5 Å². The van der Waals surface area contributed by atoms with E-state index in [4.69, 9.17) is 4.52 Å². The van der Waals surface area contributed by atoms with E-state index in [9.17, 15) is 13.2 Å². The number of aryl methyl sites for hydroxylation is 4. The summed E-state index contributed by atoms with van der Waals surface area (Å²) in [5, 5.41) is 2.97. The first kappa shape index (κ1) is 30.0. The average molecular weight is 592 g/mol. The molecule has 10 heteroatoms. The summed E-state index contributed by atoms with van der Waals surface area (Å²) in [7, 11) is -3.88. The van der Waals surface area contributed by atoms with Crippen molar-refractivity contribution in [2.75, 3.05) is 50.7 Å². The first-order valence-corrected chi connectivity index (χ1v) is 16.0. The van der Waals surface area contributed by atoms with E-state index in [2.05, 4.69) is 53.6 Å². The number of aromatic nitrogens is 1. The Kier molecular flexibility index (Phi) is 8.86. The van der Waals surface area contributed by atoms with E-state index in [1.807, 2.05) is 35.2 Å². The Morgan fingerprint density at radius 1 is 1.02 bits per heavy atom. The smallest absolute Gasteiger partial charge is 0.241 e. The molecule has 3 aromatic rings. The highest BCUT2D eigenvalue weighted by atomic mass is 32.2. The molecule has 224 valence electrons. The van der Waals surface area contributed by atoms with Crippen LogP contribution in [0.1, 0.15) is 39.0 Å². The molecule has 0 aliphatic carbocycles. The van der Waals surface area contributed by atoms with Crippen LogP contribution < -0.4 is 4.90 Å². The lowest BCUT2D eigenvalue weighted by Crippen LogP contribution is -2.62. The third kappa shape index (κ3) is 6.02. The van der Waals surface area contributed by atoms with Gasteiger partial charge in [-0.3, -0.25) is 9.69 Å². The largest absolute Gasteiger partial charge is 0.368 e. The van der Waals surface area contributed by atoms with Gasteiger partial charge >= 0.3 is 0 Å². The standard InChI is InChI=1S/C32H41N5O4S/c1-6-30(31-25(4)33-41-26(31)5)42(39,40)37-19-18-36(21-27-10-8-7-9-11-27)29(22-37)32(38)35-16-14-34(15-17-35)28-20-23(2)12-13-24(28)3/h6-13,20,29-30H,1,14-19,21-22H2,2-5H3. The second-order valence-corrected chi connectivity index (χ2v) is 13.4. The van der Waals surface area contributed by atoms with E-state index in [1.165, 1.54) is 27.2 Å². The molecule has 42 heavy (non-hydrogen) atoms. The maximum atomic E-state index is 14.2. The number of sulfonamides is 1. The van der Waals surface area contributed by atoms with E-state index in [0.717, 1.165) is 18.7 Å². The second-order valence-electron chi connectivity index (χ2n) is 11.4.